The van der Waals surface area contributed by atoms with E-state index in [0.29, 0.717) is 53.3 Å². The van der Waals surface area contributed by atoms with Crippen LogP contribution in [0.15, 0.2) is 54.6 Å². The third kappa shape index (κ3) is 8.64. The molecule has 7 rings (SSSR count). The van der Waals surface area contributed by atoms with Crippen LogP contribution in [0.1, 0.15) is 93.4 Å². The summed E-state index contributed by atoms with van der Waals surface area (Å²) in [6.45, 7) is 13.0. The molecule has 60 heavy (non-hydrogen) atoms. The highest BCUT2D eigenvalue weighted by Crippen LogP contribution is 2.53. The zero-order valence-electron chi connectivity index (χ0n) is 36.3. The minimum Gasteiger partial charge on any atom is -0.497 e. The van der Waals surface area contributed by atoms with Crippen LogP contribution in [-0.2, 0) is 24.4 Å². The van der Waals surface area contributed by atoms with Gasteiger partial charge in [-0.25, -0.2) is 18.2 Å². The first-order valence-corrected chi connectivity index (χ1v) is 22.5. The van der Waals surface area contributed by atoms with E-state index in [9.17, 15) is 27.6 Å². The molecule has 3 aliphatic carbocycles. The van der Waals surface area contributed by atoms with Crippen LogP contribution in [0, 0.1) is 17.3 Å². The molecule has 2 unspecified atom stereocenters. The summed E-state index contributed by atoms with van der Waals surface area (Å²) in [5.74, 6) is -0.731. The van der Waals surface area contributed by atoms with Gasteiger partial charge in [0.2, 0.25) is 21.8 Å². The number of carbonyl (C=O) groups excluding carboxylic acids is 4. The van der Waals surface area contributed by atoms with E-state index in [0.717, 1.165) is 18.4 Å². The Hall–Kier alpha value is -4.92. The number of hydrogen-bond donors (Lipinski definition) is 3. The van der Waals surface area contributed by atoms with Gasteiger partial charge in [-0.2, -0.15) is 0 Å². The van der Waals surface area contributed by atoms with Crippen molar-refractivity contribution in [2.45, 2.75) is 127 Å². The van der Waals surface area contributed by atoms with Gasteiger partial charge in [0.1, 0.15) is 35.2 Å². The number of aromatic nitrogens is 1. The predicted octanol–water partition coefficient (Wildman–Crippen LogP) is 5.79. The molecule has 1 aromatic heterocycles. The van der Waals surface area contributed by atoms with Crippen LogP contribution in [0.25, 0.3) is 22.2 Å². The lowest BCUT2D eigenvalue weighted by atomic mass is 9.85. The molecule has 0 radical (unpaired) electrons. The second-order valence-corrected chi connectivity index (χ2v) is 21.6. The second kappa shape index (κ2) is 15.5. The monoisotopic (exact) mass is 844 g/mol. The SMILES string of the molecule is COc1ccc2c(OC3CC(C(=O)N[C@]4(C(=O)NS(=O)(=O)C5(CC6CC6)CC5)C[C@H]4C)N(C(=O)[C@@H](NC(=O)N(C)C(C)(C)C)C(C)(C)C)C3)cc(-c3ccccc3)nc2c1. The summed E-state index contributed by atoms with van der Waals surface area (Å²) in [6.07, 6.45) is 3.14. The van der Waals surface area contributed by atoms with Crippen molar-refractivity contribution < 1.29 is 37.1 Å². The Morgan fingerprint density at radius 2 is 1.67 bits per heavy atom. The molecule has 3 saturated carbocycles. The molecule has 5 atom stereocenters. The van der Waals surface area contributed by atoms with E-state index in [1.807, 2.05) is 96.1 Å². The van der Waals surface area contributed by atoms with E-state index in [1.165, 1.54) is 9.80 Å². The summed E-state index contributed by atoms with van der Waals surface area (Å²) < 4.78 is 40.9. The third-order valence-corrected chi connectivity index (χ3v) is 15.1. The normalized spacial score (nSPS) is 23.9. The van der Waals surface area contributed by atoms with Gasteiger partial charge in [0, 0.05) is 42.1 Å². The molecule has 2 heterocycles. The number of hydrogen-bond acceptors (Lipinski definition) is 9. The minimum atomic E-state index is -3.99. The molecule has 14 nitrogen and oxygen atoms in total. The van der Waals surface area contributed by atoms with Crippen molar-refractivity contribution in [3.8, 4) is 22.8 Å². The Morgan fingerprint density at radius 1 is 1.00 bits per heavy atom. The largest absolute Gasteiger partial charge is 0.497 e. The van der Waals surface area contributed by atoms with E-state index in [-0.39, 0.29) is 25.3 Å². The van der Waals surface area contributed by atoms with Gasteiger partial charge in [0.05, 0.1) is 29.6 Å². The standard InChI is InChI=1S/C45H60N6O8S/c1-27-24-45(27,40(54)49-60(56,57)44(19-20-44)25-28-15-16-28)48-38(52)35-22-31(26-51(35)39(53)37(42(2,3)4)47-41(55)50(8)43(5,6)7)59-36-23-33(29-13-11-10-12-14-29)46-34-21-30(58-9)17-18-32(34)36/h10-14,17-18,21,23,27-28,31,35,37H,15-16,19-20,22,24-26H2,1-9H3,(H,47,55)(H,48,52)(H,49,54)/t27-,31?,35?,37-,45-/m1/s1. The number of rotatable bonds is 13. The minimum absolute atomic E-state index is 0.0120. The number of urea groups is 1. The number of amides is 5. The number of likely N-dealkylation sites (tertiary alicyclic amines) is 1. The maximum Gasteiger partial charge on any atom is 0.318 e. The summed E-state index contributed by atoms with van der Waals surface area (Å²) >= 11 is 0. The highest BCUT2D eigenvalue weighted by atomic mass is 32.2. The van der Waals surface area contributed by atoms with Crippen LogP contribution < -0.4 is 24.8 Å². The molecule has 15 heteroatoms. The van der Waals surface area contributed by atoms with Gasteiger partial charge in [-0.05, 0) is 75.8 Å². The van der Waals surface area contributed by atoms with Crippen molar-refractivity contribution in [3.05, 3.63) is 54.6 Å². The van der Waals surface area contributed by atoms with E-state index in [1.54, 1.807) is 21.1 Å². The molecule has 3 aromatic rings. The number of methoxy groups -OCH3 is 1. The summed E-state index contributed by atoms with van der Waals surface area (Å²) in [4.78, 5) is 64.9. The van der Waals surface area contributed by atoms with Gasteiger partial charge >= 0.3 is 6.03 Å². The lowest BCUT2D eigenvalue weighted by Crippen LogP contribution is -2.62. The van der Waals surface area contributed by atoms with Crippen molar-refractivity contribution in [3.63, 3.8) is 0 Å². The van der Waals surface area contributed by atoms with Gasteiger partial charge in [0.25, 0.3) is 5.91 Å². The molecular formula is C45H60N6O8S. The first-order valence-electron chi connectivity index (χ1n) is 21.0. The Labute approximate surface area is 353 Å². The molecule has 1 saturated heterocycles. The number of ether oxygens (including phenoxy) is 2. The van der Waals surface area contributed by atoms with Crippen LogP contribution in [0.5, 0.6) is 11.5 Å². The van der Waals surface area contributed by atoms with Gasteiger partial charge in [-0.3, -0.25) is 19.1 Å². The highest BCUT2D eigenvalue weighted by Gasteiger charge is 2.63. The van der Waals surface area contributed by atoms with Crippen LogP contribution in [0.2, 0.25) is 0 Å². The zero-order chi connectivity index (χ0) is 43.6. The maximum atomic E-state index is 14.9. The first-order chi connectivity index (χ1) is 28.1. The fourth-order valence-corrected chi connectivity index (χ4v) is 9.95. The molecule has 4 aliphatic rings. The van der Waals surface area contributed by atoms with Crippen LogP contribution in [0.4, 0.5) is 4.79 Å². The predicted molar refractivity (Wildman–Crippen MR) is 229 cm³/mol. The van der Waals surface area contributed by atoms with Gasteiger partial charge in [0.15, 0.2) is 0 Å². The average molecular weight is 845 g/mol. The van der Waals surface area contributed by atoms with Crippen molar-refractivity contribution >= 4 is 44.7 Å². The number of benzene rings is 2. The zero-order valence-corrected chi connectivity index (χ0v) is 37.1. The molecule has 1 aliphatic heterocycles. The van der Waals surface area contributed by atoms with E-state index >= 15 is 0 Å². The van der Waals surface area contributed by atoms with E-state index in [2.05, 4.69) is 15.4 Å². The molecule has 4 fully saturated rings. The number of fused-ring (bicyclic) bond motifs is 1. The number of pyridine rings is 1. The fourth-order valence-electron chi connectivity index (χ4n) is 8.22. The third-order valence-electron chi connectivity index (χ3n) is 12.9. The van der Waals surface area contributed by atoms with Crippen LogP contribution in [-0.4, -0.2) is 102 Å². The topological polar surface area (TPSA) is 176 Å². The van der Waals surface area contributed by atoms with Gasteiger partial charge in [-0.15, -0.1) is 0 Å². The average Bonchev–Trinajstić information content (AvgIpc) is 4.15. The Kier molecular flexibility index (Phi) is 11.2. The van der Waals surface area contributed by atoms with Crippen LogP contribution in [0.3, 0.4) is 0 Å². The van der Waals surface area contributed by atoms with Crippen molar-refractivity contribution in [2.75, 3.05) is 20.7 Å². The highest BCUT2D eigenvalue weighted by molar-refractivity contribution is 7.91. The lowest BCUT2D eigenvalue weighted by molar-refractivity contribution is -0.142. The summed E-state index contributed by atoms with van der Waals surface area (Å²) in [5.41, 5.74) is -0.649. The molecule has 3 N–H and O–H groups in total. The number of nitrogens with one attached hydrogen (secondary N) is 3. The first kappa shape index (κ1) is 43.2. The van der Waals surface area contributed by atoms with Crippen molar-refractivity contribution in [2.24, 2.45) is 17.3 Å². The molecule has 0 spiro atoms. The number of sulfonamides is 1. The Morgan fingerprint density at radius 3 is 2.23 bits per heavy atom. The maximum absolute atomic E-state index is 14.9. The van der Waals surface area contributed by atoms with Crippen molar-refractivity contribution in [1.82, 2.24) is 30.1 Å². The summed E-state index contributed by atoms with van der Waals surface area (Å²) in [5, 5.41) is 6.57. The number of carbonyl (C=O) groups is 4. The Balaban J connectivity index is 1.20. The molecule has 2 aromatic carbocycles. The quantitative estimate of drug-likeness (QED) is 0.192. The molecule has 5 amide bonds. The smallest absolute Gasteiger partial charge is 0.318 e. The molecular weight excluding hydrogens is 785 g/mol. The molecule has 324 valence electrons. The van der Waals surface area contributed by atoms with Gasteiger partial charge in [-0.1, -0.05) is 70.9 Å². The fraction of sp³-hybridized carbons (Fsp3) is 0.578. The molecule has 0 bridgehead atoms. The van der Waals surface area contributed by atoms with E-state index < -0.39 is 73.2 Å². The summed E-state index contributed by atoms with van der Waals surface area (Å²) in [6, 6.07) is 14.3. The second-order valence-electron chi connectivity index (χ2n) is 19.5. The van der Waals surface area contributed by atoms with Crippen molar-refractivity contribution in [1.29, 1.82) is 0 Å². The van der Waals surface area contributed by atoms with Gasteiger partial charge < -0.3 is 29.9 Å². The summed E-state index contributed by atoms with van der Waals surface area (Å²) in [7, 11) is -0.748. The lowest BCUT2D eigenvalue weighted by Gasteiger charge is -2.38. The van der Waals surface area contributed by atoms with Crippen LogP contribution >= 0.6 is 0 Å². The Bertz CT molecular complexity index is 2280. The van der Waals surface area contributed by atoms with E-state index in [4.69, 9.17) is 14.5 Å². The number of nitrogens with zero attached hydrogens (tertiary/aromatic N) is 3.